The molecule has 0 saturated heterocycles. The Morgan fingerprint density at radius 2 is 0.739 bits per heavy atom. The van der Waals surface area contributed by atoms with Gasteiger partial charge in [0, 0.05) is 72.5 Å². The van der Waals surface area contributed by atoms with Gasteiger partial charge >= 0.3 is 12.1 Å². The van der Waals surface area contributed by atoms with Crippen LogP contribution in [-0.2, 0) is 41.3 Å². The number of aromatic nitrogens is 4. The van der Waals surface area contributed by atoms with Crippen molar-refractivity contribution in [3.8, 4) is 45.8 Å². The molecule has 7 aromatic rings. The van der Waals surface area contributed by atoms with Crippen LogP contribution in [0.5, 0.6) is 23.0 Å². The Morgan fingerprint density at radius 1 is 0.398 bits per heavy atom. The fourth-order valence-corrected chi connectivity index (χ4v) is 8.42. The number of phenols is 2. The number of rotatable bonds is 40. The van der Waals surface area contributed by atoms with Gasteiger partial charge in [0.2, 0.25) is 0 Å². The number of amides is 4. The van der Waals surface area contributed by atoms with E-state index in [-0.39, 0.29) is 61.5 Å². The van der Waals surface area contributed by atoms with Crippen molar-refractivity contribution >= 4 is 35.9 Å². The number of hydrogen-bond donors (Lipinski definition) is 6. The lowest BCUT2D eigenvalue weighted by Gasteiger charge is -2.11. The highest BCUT2D eigenvalue weighted by atomic mass is 16.6. The number of aliphatic imine (C=N–C) groups is 2. The maximum Gasteiger partial charge on any atom is 0.314 e. The topological polar surface area (TPSA) is 273 Å². The molecule has 3 aromatic carbocycles. The standard InChI is InChI=1S/C66H80N10O12/c1-49-13-5-23-57(73-49)59-25-9-17-53(75-59)19-11-29-67-65(79)69-31-33-81-35-37-83-39-41-85-43-45-87-61-27-7-15-51(63(61)77)47-71-55-21-3-4-22-56(55)72-48-52-16-8-28-62(64(52)78)88-46-44-86-42-40-84-38-36-82-34-32-70-66(80)68-30-12-20-54-18-10-26-60(76-54)58-24-6-14-50(2)74-58/h3-10,13-18,21-28,47-48,77-78H,11-12,19-20,29-46H2,1-2H3,(H2,67,69,79)(H2,68,70,80). The summed E-state index contributed by atoms with van der Waals surface area (Å²) in [5.74, 6) is 0.419. The van der Waals surface area contributed by atoms with Crippen LogP contribution in [0.15, 0.2) is 143 Å². The Bertz CT molecular complexity index is 3070. The summed E-state index contributed by atoms with van der Waals surface area (Å²) < 4.78 is 45.2. The molecule has 22 heteroatoms. The van der Waals surface area contributed by atoms with E-state index in [4.69, 9.17) is 47.9 Å². The van der Waals surface area contributed by atoms with Gasteiger partial charge in [-0.25, -0.2) is 9.59 Å². The van der Waals surface area contributed by atoms with Gasteiger partial charge < -0.3 is 69.4 Å². The molecule has 7 rings (SSSR count). The Morgan fingerprint density at radius 3 is 1.14 bits per heavy atom. The van der Waals surface area contributed by atoms with Crippen LogP contribution >= 0.6 is 0 Å². The summed E-state index contributed by atoms with van der Waals surface area (Å²) in [7, 11) is 0. The average molecular weight is 1210 g/mol. The van der Waals surface area contributed by atoms with Crippen LogP contribution in [0.2, 0.25) is 0 Å². The second-order valence-electron chi connectivity index (χ2n) is 19.7. The summed E-state index contributed by atoms with van der Waals surface area (Å²) in [4.78, 5) is 52.1. The van der Waals surface area contributed by atoms with Crippen molar-refractivity contribution in [3.63, 3.8) is 0 Å². The first-order valence-corrected chi connectivity index (χ1v) is 29.5. The van der Waals surface area contributed by atoms with Crippen molar-refractivity contribution in [1.29, 1.82) is 0 Å². The van der Waals surface area contributed by atoms with Gasteiger partial charge in [0.15, 0.2) is 23.0 Å². The molecule has 4 aromatic heterocycles. The lowest BCUT2D eigenvalue weighted by Crippen LogP contribution is -2.38. The molecule has 0 aliphatic carbocycles. The Balaban J connectivity index is 0.668. The summed E-state index contributed by atoms with van der Waals surface area (Å²) >= 11 is 0. The molecular formula is C66H80N10O12. The molecule has 22 nitrogen and oxygen atoms in total. The van der Waals surface area contributed by atoms with Crippen LogP contribution in [0.1, 0.15) is 46.7 Å². The number of benzene rings is 3. The maximum atomic E-state index is 12.2. The van der Waals surface area contributed by atoms with Crippen molar-refractivity contribution in [2.24, 2.45) is 9.98 Å². The predicted molar refractivity (Wildman–Crippen MR) is 337 cm³/mol. The molecule has 6 N–H and O–H groups in total. The van der Waals surface area contributed by atoms with Crippen molar-refractivity contribution in [2.45, 2.75) is 39.5 Å². The predicted octanol–water partition coefficient (Wildman–Crippen LogP) is 8.85. The first kappa shape index (κ1) is 66.6. The van der Waals surface area contributed by atoms with Gasteiger partial charge in [-0.2, -0.15) is 0 Å². The molecular weight excluding hydrogens is 1120 g/mol. The molecule has 4 heterocycles. The minimum absolute atomic E-state index is 0.0717. The van der Waals surface area contributed by atoms with E-state index in [9.17, 15) is 19.8 Å². The number of nitrogens with one attached hydrogen (secondary N) is 4. The van der Waals surface area contributed by atoms with Gasteiger partial charge in [-0.15, -0.1) is 0 Å². The molecule has 0 saturated carbocycles. The molecule has 0 radical (unpaired) electrons. The third-order valence-electron chi connectivity index (χ3n) is 12.9. The second kappa shape index (κ2) is 39.0. The molecule has 0 bridgehead atoms. The maximum absolute atomic E-state index is 12.2. The minimum atomic E-state index is -0.249. The number of nitrogens with zero attached hydrogens (tertiary/aromatic N) is 6. The first-order valence-electron chi connectivity index (χ1n) is 29.5. The van der Waals surface area contributed by atoms with E-state index in [0.29, 0.717) is 115 Å². The Kier molecular flexibility index (Phi) is 29.5. The molecule has 0 spiro atoms. The second-order valence-corrected chi connectivity index (χ2v) is 19.7. The molecule has 0 fully saturated rings. The number of carbonyl (C=O) groups is 2. The molecule has 0 aliphatic heterocycles. The van der Waals surface area contributed by atoms with Crippen molar-refractivity contribution < 1.29 is 57.7 Å². The van der Waals surface area contributed by atoms with Crippen molar-refractivity contribution in [3.05, 3.63) is 167 Å². The quantitative estimate of drug-likeness (QED) is 0.0155. The minimum Gasteiger partial charge on any atom is -0.504 e. The number of urea groups is 2. The highest BCUT2D eigenvalue weighted by Crippen LogP contribution is 2.33. The number of aromatic hydroxyl groups is 2. The van der Waals surface area contributed by atoms with Gasteiger partial charge in [0.25, 0.3) is 0 Å². The molecule has 466 valence electrons. The first-order chi connectivity index (χ1) is 43.2. The highest BCUT2D eigenvalue weighted by Gasteiger charge is 2.11. The van der Waals surface area contributed by atoms with E-state index >= 15 is 0 Å². The smallest absolute Gasteiger partial charge is 0.314 e. The van der Waals surface area contributed by atoms with Gasteiger partial charge in [-0.1, -0.05) is 48.5 Å². The average Bonchev–Trinajstić information content (AvgIpc) is 3.75. The lowest BCUT2D eigenvalue weighted by molar-refractivity contribution is 0.00995. The van der Waals surface area contributed by atoms with Gasteiger partial charge in [-0.05, 0) is 124 Å². The highest BCUT2D eigenvalue weighted by molar-refractivity contribution is 5.90. The van der Waals surface area contributed by atoms with E-state index in [0.717, 1.165) is 71.2 Å². The van der Waals surface area contributed by atoms with Crippen LogP contribution in [0.25, 0.3) is 22.8 Å². The van der Waals surface area contributed by atoms with Crippen LogP contribution in [0.4, 0.5) is 21.0 Å². The largest absolute Gasteiger partial charge is 0.504 e. The van der Waals surface area contributed by atoms with E-state index in [2.05, 4.69) is 41.2 Å². The lowest BCUT2D eigenvalue weighted by atomic mass is 10.1. The third-order valence-corrected chi connectivity index (χ3v) is 12.9. The monoisotopic (exact) mass is 1200 g/mol. The van der Waals surface area contributed by atoms with E-state index < -0.39 is 0 Å². The third kappa shape index (κ3) is 24.8. The summed E-state index contributed by atoms with van der Waals surface area (Å²) in [5.41, 5.74) is 9.09. The zero-order valence-electron chi connectivity index (χ0n) is 50.1. The number of aryl methyl sites for hydroxylation is 4. The normalized spacial score (nSPS) is 11.3. The number of hydrogen-bond acceptors (Lipinski definition) is 18. The van der Waals surface area contributed by atoms with Crippen LogP contribution in [0.3, 0.4) is 0 Å². The molecule has 0 unspecified atom stereocenters. The number of ether oxygens (including phenoxy) is 8. The molecule has 88 heavy (non-hydrogen) atoms. The van der Waals surface area contributed by atoms with Crippen LogP contribution in [-0.4, -0.2) is 173 Å². The number of phenolic OH excluding ortho intramolecular Hbond substituents is 2. The van der Waals surface area contributed by atoms with E-state index in [1.807, 2.05) is 98.8 Å². The van der Waals surface area contributed by atoms with Crippen molar-refractivity contribution in [1.82, 2.24) is 41.2 Å². The fourth-order valence-electron chi connectivity index (χ4n) is 8.42. The van der Waals surface area contributed by atoms with E-state index in [1.54, 1.807) is 48.5 Å². The fraction of sp³-hybridized carbons (Fsp3) is 0.364. The summed E-state index contributed by atoms with van der Waals surface area (Å²) in [5, 5.41) is 33.3. The Labute approximate surface area is 514 Å². The van der Waals surface area contributed by atoms with Crippen molar-refractivity contribution in [2.75, 3.05) is 119 Å². The van der Waals surface area contributed by atoms with E-state index in [1.165, 1.54) is 12.4 Å². The number of pyridine rings is 4. The molecule has 0 aliphatic rings. The van der Waals surface area contributed by atoms with Gasteiger partial charge in [-0.3, -0.25) is 29.9 Å². The van der Waals surface area contributed by atoms with Gasteiger partial charge in [0.05, 0.1) is 113 Å². The zero-order chi connectivity index (χ0) is 61.6. The van der Waals surface area contributed by atoms with Crippen LogP contribution < -0.4 is 30.7 Å². The SMILES string of the molecule is Cc1cccc(-c2cccc(CCCNC(=O)NCCOCCOCCOCCOc3cccc(C=Nc4ccccc4N=Cc4cccc(OCCOCCOCCOCCNC(=O)NCCCc5cccc(-c6cccc(C)n6)n5)c4O)c3O)n2)n1. The number of carbonyl (C=O) groups excluding carboxylic acids is 2. The summed E-state index contributed by atoms with van der Waals surface area (Å²) in [6.07, 6.45) is 6.03. The van der Waals surface area contributed by atoms with Crippen LogP contribution in [0, 0.1) is 13.8 Å². The molecule has 0 atom stereocenters. The number of para-hydroxylation sites is 4. The van der Waals surface area contributed by atoms with Gasteiger partial charge in [0.1, 0.15) is 13.2 Å². The zero-order valence-corrected chi connectivity index (χ0v) is 50.1. The molecule has 4 amide bonds. The summed E-state index contributed by atoms with van der Waals surface area (Å²) in [6.45, 7) is 10.3. The Hall–Kier alpha value is -8.90. The summed E-state index contributed by atoms with van der Waals surface area (Å²) in [6, 6.07) is 40.6.